The zero-order valence-corrected chi connectivity index (χ0v) is 13.8. The summed E-state index contributed by atoms with van der Waals surface area (Å²) >= 11 is 0. The molecule has 0 saturated heterocycles. The molecule has 2 amide bonds. The molecule has 0 saturated carbocycles. The Labute approximate surface area is 149 Å². The van der Waals surface area contributed by atoms with Crippen LogP contribution >= 0.6 is 0 Å². The van der Waals surface area contributed by atoms with Crippen LogP contribution < -0.4 is 11.1 Å². The molecule has 0 atom stereocenters. The third-order valence-corrected chi connectivity index (χ3v) is 4.25. The van der Waals surface area contributed by atoms with E-state index in [4.69, 9.17) is 5.73 Å². The number of nitrogens with two attached hydrogens (primary N) is 1. The third kappa shape index (κ3) is 2.88. The number of carbonyl (C=O) groups is 2. The van der Waals surface area contributed by atoms with Crippen LogP contribution in [0.3, 0.4) is 0 Å². The Bertz CT molecular complexity index is 965. The van der Waals surface area contributed by atoms with E-state index in [2.05, 4.69) is 20.5 Å². The van der Waals surface area contributed by atoms with Crippen molar-refractivity contribution in [3.05, 3.63) is 71.2 Å². The molecule has 1 aliphatic heterocycles. The average Bonchev–Trinajstić information content (AvgIpc) is 3.24. The Balaban J connectivity index is 1.49. The topological polar surface area (TPSA) is 117 Å². The molecule has 8 nitrogen and oxygen atoms in total. The van der Waals surface area contributed by atoms with Crippen molar-refractivity contribution in [2.75, 3.05) is 11.1 Å². The summed E-state index contributed by atoms with van der Waals surface area (Å²) in [5.41, 5.74) is 8.86. The first kappa shape index (κ1) is 15.8. The molecule has 2 aromatic heterocycles. The molecule has 26 heavy (non-hydrogen) atoms. The highest BCUT2D eigenvalue weighted by Crippen LogP contribution is 2.28. The second kappa shape index (κ2) is 6.32. The van der Waals surface area contributed by atoms with Crippen molar-refractivity contribution in [3.8, 4) is 0 Å². The zero-order valence-electron chi connectivity index (χ0n) is 13.8. The molecule has 1 aliphatic rings. The van der Waals surface area contributed by atoms with Crippen molar-refractivity contribution >= 4 is 23.3 Å². The Hall–Kier alpha value is -3.68. The van der Waals surface area contributed by atoms with Crippen LogP contribution in [0.5, 0.6) is 0 Å². The number of hydrogen-bond acceptors (Lipinski definition) is 5. The van der Waals surface area contributed by atoms with Crippen molar-refractivity contribution in [3.63, 3.8) is 0 Å². The summed E-state index contributed by atoms with van der Waals surface area (Å²) in [7, 11) is 0. The number of rotatable bonds is 3. The normalized spacial score (nSPS) is 12.7. The fourth-order valence-corrected chi connectivity index (χ4v) is 2.87. The van der Waals surface area contributed by atoms with Gasteiger partial charge in [0.05, 0.1) is 24.3 Å². The molecule has 1 aromatic carbocycles. The zero-order chi connectivity index (χ0) is 18.1. The van der Waals surface area contributed by atoms with Gasteiger partial charge in [-0.3, -0.25) is 19.7 Å². The molecule has 4 N–H and O–H groups in total. The number of benzene rings is 1. The number of H-pyrrole nitrogens is 1. The SMILES string of the molecule is Nc1ccc(C(=O)Nc2n[nH]c3c2CN(C(=O)c2cccnc2)C3)cc1. The van der Waals surface area contributed by atoms with E-state index in [1.54, 1.807) is 47.5 Å². The van der Waals surface area contributed by atoms with Crippen molar-refractivity contribution in [2.24, 2.45) is 0 Å². The van der Waals surface area contributed by atoms with Gasteiger partial charge in [-0.1, -0.05) is 0 Å². The molecule has 0 fully saturated rings. The van der Waals surface area contributed by atoms with Crippen LogP contribution in [0.2, 0.25) is 0 Å². The molecule has 4 rings (SSSR count). The maximum Gasteiger partial charge on any atom is 0.256 e. The number of hydrogen-bond donors (Lipinski definition) is 3. The Morgan fingerprint density at radius 2 is 1.92 bits per heavy atom. The van der Waals surface area contributed by atoms with Crippen LogP contribution in [-0.2, 0) is 13.1 Å². The quantitative estimate of drug-likeness (QED) is 0.624. The number of nitrogen functional groups attached to an aromatic ring is 1. The predicted molar refractivity (Wildman–Crippen MR) is 95.2 cm³/mol. The van der Waals surface area contributed by atoms with E-state index < -0.39 is 0 Å². The average molecular weight is 348 g/mol. The largest absolute Gasteiger partial charge is 0.399 e. The number of carbonyl (C=O) groups excluding carboxylic acids is 2. The highest BCUT2D eigenvalue weighted by molar-refractivity contribution is 6.04. The maximum absolute atomic E-state index is 12.6. The van der Waals surface area contributed by atoms with Crippen LogP contribution in [0.15, 0.2) is 48.8 Å². The van der Waals surface area contributed by atoms with E-state index in [0.717, 1.165) is 11.3 Å². The van der Waals surface area contributed by atoms with Crippen LogP contribution in [0.25, 0.3) is 0 Å². The Kier molecular flexibility index (Phi) is 3.85. The van der Waals surface area contributed by atoms with Crippen molar-refractivity contribution < 1.29 is 9.59 Å². The summed E-state index contributed by atoms with van der Waals surface area (Å²) in [4.78, 5) is 30.6. The summed E-state index contributed by atoms with van der Waals surface area (Å²) in [6.07, 6.45) is 3.16. The van der Waals surface area contributed by atoms with E-state index >= 15 is 0 Å². The van der Waals surface area contributed by atoms with Gasteiger partial charge in [0.15, 0.2) is 5.82 Å². The Morgan fingerprint density at radius 3 is 2.65 bits per heavy atom. The predicted octanol–water partition coefficient (Wildman–Crippen LogP) is 1.80. The highest BCUT2D eigenvalue weighted by Gasteiger charge is 2.29. The molecule has 0 radical (unpaired) electrons. The van der Waals surface area contributed by atoms with E-state index in [0.29, 0.717) is 35.7 Å². The number of pyridine rings is 1. The first-order valence-corrected chi connectivity index (χ1v) is 8.04. The first-order chi connectivity index (χ1) is 12.6. The maximum atomic E-state index is 12.6. The minimum Gasteiger partial charge on any atom is -0.399 e. The molecular weight excluding hydrogens is 332 g/mol. The van der Waals surface area contributed by atoms with Crippen LogP contribution in [0.1, 0.15) is 32.0 Å². The first-order valence-electron chi connectivity index (χ1n) is 8.04. The highest BCUT2D eigenvalue weighted by atomic mass is 16.2. The molecule has 0 spiro atoms. The number of aromatic amines is 1. The number of anilines is 2. The lowest BCUT2D eigenvalue weighted by Crippen LogP contribution is -2.26. The van der Waals surface area contributed by atoms with Gasteiger partial charge in [0, 0.05) is 29.2 Å². The summed E-state index contributed by atoms with van der Waals surface area (Å²) < 4.78 is 0. The number of aromatic nitrogens is 3. The van der Waals surface area contributed by atoms with Gasteiger partial charge < -0.3 is 16.0 Å². The second-order valence-corrected chi connectivity index (χ2v) is 6.01. The lowest BCUT2D eigenvalue weighted by molar-refractivity contribution is 0.0749. The van der Waals surface area contributed by atoms with Gasteiger partial charge in [-0.25, -0.2) is 0 Å². The van der Waals surface area contributed by atoms with Gasteiger partial charge in [0.1, 0.15) is 0 Å². The van der Waals surface area contributed by atoms with Crippen molar-refractivity contribution in [1.82, 2.24) is 20.1 Å². The summed E-state index contributed by atoms with van der Waals surface area (Å²) in [5, 5.41) is 9.83. The number of amides is 2. The van der Waals surface area contributed by atoms with E-state index in [-0.39, 0.29) is 11.8 Å². The fraction of sp³-hybridized carbons (Fsp3) is 0.111. The molecule has 130 valence electrons. The summed E-state index contributed by atoms with van der Waals surface area (Å²) in [5.74, 6) is 0.0400. The van der Waals surface area contributed by atoms with E-state index in [1.165, 1.54) is 6.20 Å². The molecule has 3 heterocycles. The van der Waals surface area contributed by atoms with Gasteiger partial charge in [-0.2, -0.15) is 5.10 Å². The molecule has 3 aromatic rings. The third-order valence-electron chi connectivity index (χ3n) is 4.25. The minimum absolute atomic E-state index is 0.112. The molecule has 0 aliphatic carbocycles. The van der Waals surface area contributed by atoms with Gasteiger partial charge in [-0.15, -0.1) is 0 Å². The number of fused-ring (bicyclic) bond motifs is 1. The van der Waals surface area contributed by atoms with Crippen LogP contribution in [-0.4, -0.2) is 31.9 Å². The minimum atomic E-state index is -0.281. The molecule has 0 bridgehead atoms. The molecular formula is C18H16N6O2. The van der Waals surface area contributed by atoms with E-state index in [1.807, 2.05) is 0 Å². The molecule has 8 heteroatoms. The monoisotopic (exact) mass is 348 g/mol. The van der Waals surface area contributed by atoms with Crippen molar-refractivity contribution in [1.29, 1.82) is 0 Å². The lowest BCUT2D eigenvalue weighted by atomic mass is 10.2. The summed E-state index contributed by atoms with van der Waals surface area (Å²) in [6.45, 7) is 0.782. The Morgan fingerprint density at radius 1 is 1.12 bits per heavy atom. The number of nitrogens with zero attached hydrogens (tertiary/aromatic N) is 3. The van der Waals surface area contributed by atoms with Crippen molar-refractivity contribution in [2.45, 2.75) is 13.1 Å². The van der Waals surface area contributed by atoms with E-state index in [9.17, 15) is 9.59 Å². The van der Waals surface area contributed by atoms with Gasteiger partial charge >= 0.3 is 0 Å². The van der Waals surface area contributed by atoms with Gasteiger partial charge in [0.25, 0.3) is 11.8 Å². The van der Waals surface area contributed by atoms with Gasteiger partial charge in [0.2, 0.25) is 0 Å². The summed E-state index contributed by atoms with van der Waals surface area (Å²) in [6, 6.07) is 10.1. The fourth-order valence-electron chi connectivity index (χ4n) is 2.87. The molecule has 0 unspecified atom stereocenters. The number of nitrogens with one attached hydrogen (secondary N) is 2. The smallest absolute Gasteiger partial charge is 0.256 e. The standard InChI is InChI=1S/C18H16N6O2/c19-13-5-3-11(4-6-13)17(25)21-16-14-9-24(10-15(14)22-23-16)18(26)12-2-1-7-20-8-12/h1-8H,9-10,19H2,(H2,21,22,23,25). The second-order valence-electron chi connectivity index (χ2n) is 6.01. The van der Waals surface area contributed by atoms with Crippen LogP contribution in [0, 0.1) is 0 Å². The lowest BCUT2D eigenvalue weighted by Gasteiger charge is -2.15. The van der Waals surface area contributed by atoms with Crippen LogP contribution in [0.4, 0.5) is 11.5 Å². The van der Waals surface area contributed by atoms with Gasteiger partial charge in [-0.05, 0) is 36.4 Å².